The molecule has 0 saturated carbocycles. The second-order valence-corrected chi connectivity index (χ2v) is 10.3. The van der Waals surface area contributed by atoms with Gasteiger partial charge in [0.2, 0.25) is 11.7 Å². The molecule has 1 aromatic heterocycles. The third-order valence-corrected chi connectivity index (χ3v) is 7.63. The van der Waals surface area contributed by atoms with Crippen LogP contribution in [0.25, 0.3) is 22.4 Å². The summed E-state index contributed by atoms with van der Waals surface area (Å²) in [5, 5.41) is 14.3. The number of hydrogen-bond acceptors (Lipinski definition) is 7. The van der Waals surface area contributed by atoms with Gasteiger partial charge in [0, 0.05) is 29.0 Å². The predicted octanol–water partition coefficient (Wildman–Crippen LogP) is 7.74. The van der Waals surface area contributed by atoms with Crippen LogP contribution in [0.1, 0.15) is 12.0 Å². The van der Waals surface area contributed by atoms with Gasteiger partial charge in [-0.3, -0.25) is 4.79 Å². The number of methoxy groups -OCH3 is 3. The molecule has 0 fully saturated rings. The highest BCUT2D eigenvalue weighted by Crippen LogP contribution is 2.43. The van der Waals surface area contributed by atoms with Crippen molar-refractivity contribution in [1.82, 2.24) is 4.98 Å². The van der Waals surface area contributed by atoms with Crippen molar-refractivity contribution < 1.29 is 19.0 Å². The lowest BCUT2D eigenvalue weighted by Gasteiger charge is -2.16. The Bertz CT molecular complexity index is 1550. The van der Waals surface area contributed by atoms with Crippen LogP contribution >= 0.6 is 35.0 Å². The highest BCUT2D eigenvalue weighted by atomic mass is 35.5. The second kappa shape index (κ2) is 13.4. The number of carbonyl (C=O) groups excluding carboxylic acids is 1. The average Bonchev–Trinajstić information content (AvgIpc) is 2.98. The summed E-state index contributed by atoms with van der Waals surface area (Å²) in [5.41, 5.74) is 3.86. The molecular weight excluding hydrogens is 569 g/mol. The van der Waals surface area contributed by atoms with Crippen LogP contribution in [-0.2, 0) is 4.79 Å². The number of amides is 1. The van der Waals surface area contributed by atoms with Crippen molar-refractivity contribution in [3.8, 4) is 45.7 Å². The summed E-state index contributed by atoms with van der Waals surface area (Å²) in [6, 6.07) is 22.4. The Labute approximate surface area is 247 Å². The Morgan fingerprint density at radius 2 is 1.62 bits per heavy atom. The summed E-state index contributed by atoms with van der Waals surface area (Å²) in [6.07, 6.45) is 0.187. The van der Waals surface area contributed by atoms with Gasteiger partial charge >= 0.3 is 0 Å². The molecule has 0 saturated heterocycles. The van der Waals surface area contributed by atoms with Crippen molar-refractivity contribution in [2.45, 2.75) is 11.4 Å². The van der Waals surface area contributed by atoms with Crippen molar-refractivity contribution in [2.24, 2.45) is 0 Å². The molecular formula is C30H25Cl2N3O4S. The molecule has 4 aromatic rings. The van der Waals surface area contributed by atoms with Crippen molar-refractivity contribution in [3.63, 3.8) is 0 Å². The highest BCUT2D eigenvalue weighted by Gasteiger charge is 2.20. The SMILES string of the molecule is COc1cc(-c2cc(-c3ccccc3)nc(SCCC(=O)Nc3ccc(Cl)c(Cl)c3)c2C#N)cc(OC)c1OC. The number of rotatable bonds is 10. The number of carbonyl (C=O) groups is 1. The quantitative estimate of drug-likeness (QED) is 0.188. The summed E-state index contributed by atoms with van der Waals surface area (Å²) in [7, 11) is 4.62. The molecule has 0 aliphatic rings. The molecule has 40 heavy (non-hydrogen) atoms. The van der Waals surface area contributed by atoms with Crippen LogP contribution in [0.15, 0.2) is 71.8 Å². The van der Waals surface area contributed by atoms with Gasteiger partial charge in [-0.2, -0.15) is 5.26 Å². The molecule has 0 bridgehead atoms. The van der Waals surface area contributed by atoms with Crippen LogP contribution in [-0.4, -0.2) is 38.0 Å². The fourth-order valence-corrected chi connectivity index (χ4v) is 5.23. The van der Waals surface area contributed by atoms with Crippen molar-refractivity contribution in [2.75, 3.05) is 32.4 Å². The number of benzene rings is 3. The molecule has 7 nitrogen and oxygen atoms in total. The van der Waals surface area contributed by atoms with Gasteiger partial charge in [0.05, 0.1) is 42.6 Å². The summed E-state index contributed by atoms with van der Waals surface area (Å²) in [6.45, 7) is 0. The van der Waals surface area contributed by atoms with Gasteiger partial charge in [-0.1, -0.05) is 53.5 Å². The number of aromatic nitrogens is 1. The van der Waals surface area contributed by atoms with Crippen LogP contribution in [0.4, 0.5) is 5.69 Å². The lowest BCUT2D eigenvalue weighted by atomic mass is 9.98. The molecule has 3 aromatic carbocycles. The summed E-state index contributed by atoms with van der Waals surface area (Å²) in [5.74, 6) is 1.57. The van der Waals surface area contributed by atoms with Gasteiger partial charge in [0.1, 0.15) is 11.1 Å². The van der Waals surface area contributed by atoms with Crippen molar-refractivity contribution in [3.05, 3.63) is 82.3 Å². The molecule has 0 aliphatic carbocycles. The molecule has 0 spiro atoms. The zero-order valence-electron chi connectivity index (χ0n) is 22.0. The molecule has 0 unspecified atom stereocenters. The van der Waals surface area contributed by atoms with E-state index in [4.69, 9.17) is 42.4 Å². The molecule has 10 heteroatoms. The normalized spacial score (nSPS) is 10.5. The van der Waals surface area contributed by atoms with Gasteiger partial charge in [-0.05, 0) is 42.0 Å². The lowest BCUT2D eigenvalue weighted by Crippen LogP contribution is -2.12. The molecule has 204 valence electrons. The first-order chi connectivity index (χ1) is 19.4. The molecule has 0 atom stereocenters. The van der Waals surface area contributed by atoms with Gasteiger partial charge in [-0.25, -0.2) is 4.98 Å². The van der Waals surface area contributed by atoms with E-state index < -0.39 is 0 Å². The van der Waals surface area contributed by atoms with Crippen molar-refractivity contribution >= 4 is 46.6 Å². The number of hydrogen-bond donors (Lipinski definition) is 1. The molecule has 0 radical (unpaired) electrons. The second-order valence-electron chi connectivity index (χ2n) is 8.40. The third-order valence-electron chi connectivity index (χ3n) is 5.91. The number of nitrogens with zero attached hydrogens (tertiary/aromatic N) is 2. The van der Waals surface area contributed by atoms with E-state index in [9.17, 15) is 10.1 Å². The minimum absolute atomic E-state index is 0.187. The number of nitriles is 1. The molecule has 0 aliphatic heterocycles. The van der Waals surface area contributed by atoms with Gasteiger partial charge in [-0.15, -0.1) is 11.8 Å². The molecule has 1 heterocycles. The Kier molecular flexibility index (Phi) is 9.78. The number of halogens is 2. The van der Waals surface area contributed by atoms with Gasteiger partial charge < -0.3 is 19.5 Å². The first-order valence-corrected chi connectivity index (χ1v) is 13.8. The van der Waals surface area contributed by atoms with E-state index in [2.05, 4.69) is 11.4 Å². The maximum absolute atomic E-state index is 12.6. The number of anilines is 1. The number of nitrogens with one attached hydrogen (secondary N) is 1. The molecule has 4 rings (SSSR count). The van der Waals surface area contributed by atoms with Crippen LogP contribution in [0, 0.1) is 11.3 Å². The largest absolute Gasteiger partial charge is 0.493 e. The van der Waals surface area contributed by atoms with E-state index in [-0.39, 0.29) is 12.3 Å². The van der Waals surface area contributed by atoms with Gasteiger partial charge in [0.15, 0.2) is 11.5 Å². The van der Waals surface area contributed by atoms with Gasteiger partial charge in [0.25, 0.3) is 0 Å². The maximum Gasteiger partial charge on any atom is 0.225 e. The Morgan fingerprint density at radius 3 is 2.23 bits per heavy atom. The van der Waals surface area contributed by atoms with Crippen LogP contribution in [0.3, 0.4) is 0 Å². The number of pyridine rings is 1. The zero-order valence-corrected chi connectivity index (χ0v) is 24.3. The van der Waals surface area contributed by atoms with Crippen LogP contribution in [0.5, 0.6) is 17.2 Å². The topological polar surface area (TPSA) is 93.5 Å². The van der Waals surface area contributed by atoms with Crippen molar-refractivity contribution in [1.29, 1.82) is 5.26 Å². The van der Waals surface area contributed by atoms with E-state index in [1.807, 2.05) is 36.4 Å². The summed E-state index contributed by atoms with van der Waals surface area (Å²) in [4.78, 5) is 17.4. The van der Waals surface area contributed by atoms with Crippen LogP contribution < -0.4 is 19.5 Å². The number of ether oxygens (including phenoxy) is 3. The van der Waals surface area contributed by atoms with Crippen LogP contribution in [0.2, 0.25) is 10.0 Å². The maximum atomic E-state index is 12.6. The first-order valence-electron chi connectivity index (χ1n) is 12.1. The average molecular weight is 595 g/mol. The first kappa shape index (κ1) is 29.1. The molecule has 1 N–H and O–H groups in total. The minimum Gasteiger partial charge on any atom is -0.493 e. The fraction of sp³-hybridized carbons (Fsp3) is 0.167. The van der Waals surface area contributed by atoms with E-state index >= 15 is 0 Å². The summed E-state index contributed by atoms with van der Waals surface area (Å²) < 4.78 is 16.6. The fourth-order valence-electron chi connectivity index (χ4n) is 3.99. The van der Waals surface area contributed by atoms with E-state index in [0.29, 0.717) is 66.1 Å². The monoisotopic (exact) mass is 593 g/mol. The Hall–Kier alpha value is -3.90. The molecule has 1 amide bonds. The smallest absolute Gasteiger partial charge is 0.225 e. The predicted molar refractivity (Wildman–Crippen MR) is 160 cm³/mol. The zero-order chi connectivity index (χ0) is 28.6. The standard InChI is InChI=1S/C30H25Cl2N3O4S/c1-37-26-13-19(14-27(38-2)29(26)39-3)21-16-25(18-7-5-4-6-8-18)35-30(22(21)17-33)40-12-11-28(36)34-20-9-10-23(31)24(32)15-20/h4-10,13-16H,11-12H2,1-3H3,(H,34,36). The lowest BCUT2D eigenvalue weighted by molar-refractivity contribution is -0.115. The highest BCUT2D eigenvalue weighted by molar-refractivity contribution is 7.99. The van der Waals surface area contributed by atoms with E-state index in [1.165, 1.54) is 18.9 Å². The van der Waals surface area contributed by atoms with E-state index in [0.717, 1.165) is 5.56 Å². The minimum atomic E-state index is -0.200. The Balaban J connectivity index is 1.69. The summed E-state index contributed by atoms with van der Waals surface area (Å²) >= 11 is 13.3. The van der Waals surface area contributed by atoms with E-state index in [1.54, 1.807) is 44.6 Å². The third kappa shape index (κ3) is 6.62. The number of thioether (sulfide) groups is 1. The Morgan fingerprint density at radius 1 is 0.925 bits per heavy atom.